The predicted octanol–water partition coefficient (Wildman–Crippen LogP) is 3.04. The van der Waals surface area contributed by atoms with Crippen LogP contribution in [-0.2, 0) is 16.1 Å². The molecule has 0 unspecified atom stereocenters. The lowest BCUT2D eigenvalue weighted by Gasteiger charge is -2.09. The van der Waals surface area contributed by atoms with E-state index in [1.807, 2.05) is 0 Å². The largest absolute Gasteiger partial charge is 0.344 e. The van der Waals surface area contributed by atoms with Gasteiger partial charge in [-0.3, -0.25) is 9.59 Å². The number of carbonyl (C=O) groups is 2. The molecule has 0 saturated carbocycles. The highest BCUT2D eigenvalue weighted by molar-refractivity contribution is 6.39. The van der Waals surface area contributed by atoms with Gasteiger partial charge in [0.2, 0.25) is 0 Å². The minimum absolute atomic E-state index is 0.145. The first-order chi connectivity index (χ1) is 10.5. The van der Waals surface area contributed by atoms with Crippen LogP contribution < -0.4 is 10.6 Å². The van der Waals surface area contributed by atoms with Crippen LogP contribution in [0.1, 0.15) is 11.1 Å². The maximum atomic E-state index is 12.8. The van der Waals surface area contributed by atoms with Crippen molar-refractivity contribution in [2.45, 2.75) is 13.5 Å². The molecule has 114 valence electrons. The van der Waals surface area contributed by atoms with Gasteiger partial charge in [-0.1, -0.05) is 23.7 Å². The molecule has 0 aliphatic heterocycles. The number of hydrogen-bond donors (Lipinski definition) is 2. The second kappa shape index (κ2) is 7.04. The van der Waals surface area contributed by atoms with Gasteiger partial charge in [0.25, 0.3) is 0 Å². The normalized spacial score (nSPS) is 10.1. The molecule has 0 aromatic heterocycles. The fourth-order valence-electron chi connectivity index (χ4n) is 1.81. The summed E-state index contributed by atoms with van der Waals surface area (Å²) in [6, 6.07) is 10.6. The Morgan fingerprint density at radius 1 is 1.09 bits per heavy atom. The monoisotopic (exact) mass is 320 g/mol. The van der Waals surface area contributed by atoms with Gasteiger partial charge in [-0.15, -0.1) is 0 Å². The first-order valence-electron chi connectivity index (χ1n) is 6.55. The fraction of sp³-hybridized carbons (Fsp3) is 0.125. The van der Waals surface area contributed by atoms with Crippen molar-refractivity contribution in [2.75, 3.05) is 5.32 Å². The Kier molecular flexibility index (Phi) is 5.12. The molecule has 0 radical (unpaired) electrons. The Hall–Kier alpha value is -2.40. The second-order valence-electron chi connectivity index (χ2n) is 4.72. The number of amides is 2. The Morgan fingerprint density at radius 3 is 2.41 bits per heavy atom. The first kappa shape index (κ1) is 16.0. The van der Waals surface area contributed by atoms with Gasteiger partial charge in [0, 0.05) is 17.3 Å². The third-order valence-electron chi connectivity index (χ3n) is 3.01. The number of nitrogens with one attached hydrogen (secondary N) is 2. The van der Waals surface area contributed by atoms with Gasteiger partial charge >= 0.3 is 11.8 Å². The Labute approximate surface area is 132 Å². The number of hydrogen-bond acceptors (Lipinski definition) is 2. The van der Waals surface area contributed by atoms with E-state index in [2.05, 4.69) is 10.6 Å². The van der Waals surface area contributed by atoms with Gasteiger partial charge in [0.1, 0.15) is 5.82 Å². The van der Waals surface area contributed by atoms with Crippen molar-refractivity contribution in [1.82, 2.24) is 5.32 Å². The van der Waals surface area contributed by atoms with Crippen molar-refractivity contribution in [1.29, 1.82) is 0 Å². The highest BCUT2D eigenvalue weighted by Crippen LogP contribution is 2.19. The predicted molar refractivity (Wildman–Crippen MR) is 83.1 cm³/mol. The SMILES string of the molecule is Cc1cc(Cl)ccc1NC(=O)C(=O)NCc1ccc(F)cc1. The standard InChI is InChI=1S/C16H14ClFN2O2/c1-10-8-12(17)4-7-14(10)20-16(22)15(21)19-9-11-2-5-13(18)6-3-11/h2-8H,9H2,1H3,(H,19,21)(H,20,22). The van der Waals surface area contributed by atoms with E-state index in [0.717, 1.165) is 5.56 Å². The quantitative estimate of drug-likeness (QED) is 0.854. The van der Waals surface area contributed by atoms with E-state index in [9.17, 15) is 14.0 Å². The summed E-state index contributed by atoms with van der Waals surface area (Å²) >= 11 is 5.83. The molecule has 22 heavy (non-hydrogen) atoms. The maximum Gasteiger partial charge on any atom is 0.313 e. The molecule has 0 spiro atoms. The van der Waals surface area contributed by atoms with E-state index in [0.29, 0.717) is 16.3 Å². The molecule has 0 bridgehead atoms. The Morgan fingerprint density at radius 2 is 1.77 bits per heavy atom. The molecule has 0 aliphatic carbocycles. The molecule has 0 atom stereocenters. The van der Waals surface area contributed by atoms with Crippen molar-refractivity contribution >= 4 is 29.1 Å². The van der Waals surface area contributed by atoms with Crippen molar-refractivity contribution in [3.8, 4) is 0 Å². The van der Waals surface area contributed by atoms with Crippen LogP contribution in [0.15, 0.2) is 42.5 Å². The van der Waals surface area contributed by atoms with Crippen molar-refractivity contribution in [3.63, 3.8) is 0 Å². The molecular formula is C16H14ClFN2O2. The number of halogens is 2. The van der Waals surface area contributed by atoms with Gasteiger partial charge in [-0.05, 0) is 48.4 Å². The van der Waals surface area contributed by atoms with Crippen LogP contribution in [0, 0.1) is 12.7 Å². The molecule has 0 aliphatic rings. The second-order valence-corrected chi connectivity index (χ2v) is 5.16. The van der Waals surface area contributed by atoms with E-state index in [-0.39, 0.29) is 12.4 Å². The Balaban J connectivity index is 1.92. The summed E-state index contributed by atoms with van der Waals surface area (Å²) in [5.74, 6) is -1.89. The number of rotatable bonds is 3. The highest BCUT2D eigenvalue weighted by atomic mass is 35.5. The average molecular weight is 321 g/mol. The molecule has 0 heterocycles. The summed E-state index contributed by atoms with van der Waals surface area (Å²) < 4.78 is 12.8. The zero-order chi connectivity index (χ0) is 16.1. The number of anilines is 1. The molecule has 0 saturated heterocycles. The van der Waals surface area contributed by atoms with Crippen LogP contribution in [-0.4, -0.2) is 11.8 Å². The fourth-order valence-corrected chi connectivity index (χ4v) is 2.04. The minimum Gasteiger partial charge on any atom is -0.344 e. The number of aryl methyl sites for hydroxylation is 1. The number of carbonyl (C=O) groups excluding carboxylic acids is 2. The first-order valence-corrected chi connectivity index (χ1v) is 6.93. The molecule has 4 nitrogen and oxygen atoms in total. The van der Waals surface area contributed by atoms with E-state index < -0.39 is 11.8 Å². The highest BCUT2D eigenvalue weighted by Gasteiger charge is 2.14. The van der Waals surface area contributed by atoms with Crippen LogP contribution in [0.3, 0.4) is 0 Å². The summed E-state index contributed by atoms with van der Waals surface area (Å²) in [6.45, 7) is 1.92. The van der Waals surface area contributed by atoms with Gasteiger partial charge in [-0.25, -0.2) is 4.39 Å². The van der Waals surface area contributed by atoms with Gasteiger partial charge in [0.15, 0.2) is 0 Å². The van der Waals surface area contributed by atoms with Crippen molar-refractivity contribution < 1.29 is 14.0 Å². The van der Waals surface area contributed by atoms with Crippen LogP contribution in [0.4, 0.5) is 10.1 Å². The lowest BCUT2D eigenvalue weighted by Crippen LogP contribution is -2.35. The van der Waals surface area contributed by atoms with Crippen molar-refractivity contribution in [2.24, 2.45) is 0 Å². The summed E-state index contributed by atoms with van der Waals surface area (Å²) in [7, 11) is 0. The lowest BCUT2D eigenvalue weighted by molar-refractivity contribution is -0.136. The third-order valence-corrected chi connectivity index (χ3v) is 3.24. The summed E-state index contributed by atoms with van der Waals surface area (Å²) in [5, 5.41) is 5.53. The van der Waals surface area contributed by atoms with E-state index in [1.54, 1.807) is 25.1 Å². The summed E-state index contributed by atoms with van der Waals surface area (Å²) in [6.07, 6.45) is 0. The van der Waals surface area contributed by atoms with Crippen LogP contribution in [0.25, 0.3) is 0 Å². The molecule has 2 aromatic rings. The zero-order valence-electron chi connectivity index (χ0n) is 11.8. The summed E-state index contributed by atoms with van der Waals surface area (Å²) in [4.78, 5) is 23.6. The zero-order valence-corrected chi connectivity index (χ0v) is 12.6. The molecule has 2 aromatic carbocycles. The maximum absolute atomic E-state index is 12.8. The van der Waals surface area contributed by atoms with Crippen LogP contribution in [0.5, 0.6) is 0 Å². The Bertz CT molecular complexity index is 702. The molecular weight excluding hydrogens is 307 g/mol. The smallest absolute Gasteiger partial charge is 0.313 e. The molecule has 2 rings (SSSR count). The van der Waals surface area contributed by atoms with Crippen molar-refractivity contribution in [3.05, 3.63) is 64.4 Å². The lowest BCUT2D eigenvalue weighted by atomic mass is 10.2. The topological polar surface area (TPSA) is 58.2 Å². The van der Waals surface area contributed by atoms with E-state index in [4.69, 9.17) is 11.6 Å². The molecule has 0 fully saturated rings. The van der Waals surface area contributed by atoms with E-state index >= 15 is 0 Å². The van der Waals surface area contributed by atoms with Gasteiger partial charge in [0.05, 0.1) is 0 Å². The number of benzene rings is 2. The van der Waals surface area contributed by atoms with Crippen LogP contribution in [0.2, 0.25) is 5.02 Å². The van der Waals surface area contributed by atoms with Gasteiger partial charge < -0.3 is 10.6 Å². The van der Waals surface area contributed by atoms with Crippen LogP contribution >= 0.6 is 11.6 Å². The minimum atomic E-state index is -0.771. The molecule has 6 heteroatoms. The summed E-state index contributed by atoms with van der Waals surface area (Å²) in [5.41, 5.74) is 1.98. The molecule has 2 N–H and O–H groups in total. The third kappa shape index (κ3) is 4.30. The molecule has 2 amide bonds. The van der Waals surface area contributed by atoms with E-state index in [1.165, 1.54) is 24.3 Å². The van der Waals surface area contributed by atoms with Gasteiger partial charge in [-0.2, -0.15) is 0 Å². The average Bonchev–Trinajstić information content (AvgIpc) is 2.49.